The van der Waals surface area contributed by atoms with Crippen molar-refractivity contribution in [2.45, 2.75) is 11.6 Å². The van der Waals surface area contributed by atoms with E-state index in [0.29, 0.717) is 17.0 Å². The largest absolute Gasteiger partial charge is 0.366 e. The minimum Gasteiger partial charge on any atom is -0.366 e. The molecule has 2 amide bonds. The first-order valence-electron chi connectivity index (χ1n) is 10.1. The minimum atomic E-state index is -0.576. The molecule has 0 atom stereocenters. The van der Waals surface area contributed by atoms with Gasteiger partial charge in [-0.1, -0.05) is 84.6 Å². The maximum Gasteiger partial charge on any atom is 0.250 e. The highest BCUT2D eigenvalue weighted by Gasteiger charge is 2.15. The van der Waals surface area contributed by atoms with Crippen molar-refractivity contribution in [1.29, 1.82) is 0 Å². The molecule has 6 nitrogen and oxygen atoms in total. The Kier molecular flexibility index (Phi) is 6.67. The van der Waals surface area contributed by atoms with E-state index in [1.165, 1.54) is 11.8 Å². The Morgan fingerprint density at radius 2 is 1.50 bits per heavy atom. The first kappa shape index (κ1) is 21.4. The second kappa shape index (κ2) is 9.98. The van der Waals surface area contributed by atoms with Crippen LogP contribution < -0.4 is 11.1 Å². The lowest BCUT2D eigenvalue weighted by molar-refractivity contribution is -0.115. The van der Waals surface area contributed by atoms with E-state index in [0.717, 1.165) is 27.7 Å². The number of amides is 2. The molecule has 32 heavy (non-hydrogen) atoms. The monoisotopic (exact) mass is 442 g/mol. The maximum atomic E-state index is 12.4. The predicted octanol–water partition coefficient (Wildman–Crippen LogP) is 4.96. The summed E-state index contributed by atoms with van der Waals surface area (Å²) in [5.41, 5.74) is 9.97. The van der Waals surface area contributed by atoms with Gasteiger partial charge in [0.25, 0.3) is 5.91 Å². The topological polar surface area (TPSA) is 101 Å². The van der Waals surface area contributed by atoms with E-state index in [9.17, 15) is 9.59 Å². The summed E-state index contributed by atoms with van der Waals surface area (Å²) in [4.78, 5) is 32.1. The molecule has 0 aliphatic rings. The summed E-state index contributed by atoms with van der Waals surface area (Å²) in [6.07, 6.45) is 0.264. The highest BCUT2D eigenvalue weighted by atomic mass is 32.2. The SMILES string of the molecule is NC(=O)c1ccccc1NC(=O)CCSc1nc(-c2ccccc2)c(-c2ccccc2)[nH]1. The first-order valence-corrected chi connectivity index (χ1v) is 11.1. The molecule has 4 N–H and O–H groups in total. The molecule has 0 unspecified atom stereocenters. The van der Waals surface area contributed by atoms with E-state index in [4.69, 9.17) is 10.7 Å². The number of aromatic amines is 1. The summed E-state index contributed by atoms with van der Waals surface area (Å²) in [5.74, 6) is -0.238. The van der Waals surface area contributed by atoms with E-state index in [-0.39, 0.29) is 12.3 Å². The molecule has 0 fully saturated rings. The maximum absolute atomic E-state index is 12.4. The number of nitrogens with one attached hydrogen (secondary N) is 2. The van der Waals surface area contributed by atoms with Crippen molar-refractivity contribution in [1.82, 2.24) is 9.97 Å². The summed E-state index contributed by atoms with van der Waals surface area (Å²) in [6.45, 7) is 0. The summed E-state index contributed by atoms with van der Waals surface area (Å²) >= 11 is 1.48. The van der Waals surface area contributed by atoms with Crippen molar-refractivity contribution < 1.29 is 9.59 Å². The van der Waals surface area contributed by atoms with Crippen LogP contribution in [0.3, 0.4) is 0 Å². The number of imidazole rings is 1. The Balaban J connectivity index is 1.46. The standard InChI is InChI=1S/C25H22N4O2S/c26-24(31)19-13-7-8-14-20(19)27-21(30)15-16-32-25-28-22(17-9-3-1-4-10-17)23(29-25)18-11-5-2-6-12-18/h1-14H,15-16H2,(H2,26,31)(H,27,30)(H,28,29). The summed E-state index contributed by atoms with van der Waals surface area (Å²) < 4.78 is 0. The van der Waals surface area contributed by atoms with E-state index in [1.54, 1.807) is 24.3 Å². The number of nitrogens with two attached hydrogens (primary N) is 1. The zero-order valence-electron chi connectivity index (χ0n) is 17.2. The molecule has 0 spiro atoms. The number of primary amides is 1. The van der Waals surface area contributed by atoms with E-state index < -0.39 is 5.91 Å². The number of aromatic nitrogens is 2. The Hall–Kier alpha value is -3.84. The molecule has 1 aromatic heterocycles. The van der Waals surface area contributed by atoms with Gasteiger partial charge in [-0.2, -0.15) is 0 Å². The third kappa shape index (κ3) is 5.07. The molecule has 0 radical (unpaired) electrons. The normalized spacial score (nSPS) is 10.6. The number of hydrogen-bond donors (Lipinski definition) is 3. The van der Waals surface area contributed by atoms with Crippen LogP contribution in [0.5, 0.6) is 0 Å². The molecule has 0 saturated heterocycles. The number of carbonyl (C=O) groups excluding carboxylic acids is 2. The van der Waals surface area contributed by atoms with Crippen LogP contribution in [0.15, 0.2) is 90.1 Å². The number of nitrogens with zero attached hydrogens (tertiary/aromatic N) is 1. The smallest absolute Gasteiger partial charge is 0.250 e. The van der Waals surface area contributed by atoms with Crippen LogP contribution in [0, 0.1) is 0 Å². The molecule has 0 saturated carbocycles. The van der Waals surface area contributed by atoms with Crippen molar-refractivity contribution in [2.75, 3.05) is 11.1 Å². The Morgan fingerprint density at radius 1 is 0.875 bits per heavy atom. The lowest BCUT2D eigenvalue weighted by atomic mass is 10.1. The van der Waals surface area contributed by atoms with Crippen LogP contribution in [0.2, 0.25) is 0 Å². The Bertz CT molecular complexity index is 1170. The van der Waals surface area contributed by atoms with Crippen LogP contribution in [-0.2, 0) is 4.79 Å². The van der Waals surface area contributed by atoms with Gasteiger partial charge in [0, 0.05) is 23.3 Å². The molecule has 0 bridgehead atoms. The third-order valence-electron chi connectivity index (χ3n) is 4.83. The van der Waals surface area contributed by atoms with E-state index in [1.807, 2.05) is 60.7 Å². The molecule has 0 aliphatic carbocycles. The van der Waals surface area contributed by atoms with Crippen molar-refractivity contribution in [3.05, 3.63) is 90.5 Å². The fourth-order valence-corrected chi connectivity index (χ4v) is 4.11. The van der Waals surface area contributed by atoms with Crippen LogP contribution in [0.4, 0.5) is 5.69 Å². The highest BCUT2D eigenvalue weighted by Crippen LogP contribution is 2.32. The van der Waals surface area contributed by atoms with Crippen LogP contribution in [0.25, 0.3) is 22.5 Å². The average molecular weight is 443 g/mol. The van der Waals surface area contributed by atoms with Gasteiger partial charge in [0.2, 0.25) is 5.91 Å². The average Bonchev–Trinajstić information content (AvgIpc) is 3.25. The van der Waals surface area contributed by atoms with Gasteiger partial charge in [0.1, 0.15) is 0 Å². The van der Waals surface area contributed by atoms with Crippen LogP contribution in [0.1, 0.15) is 16.8 Å². The van der Waals surface area contributed by atoms with E-state index in [2.05, 4.69) is 10.3 Å². The molecule has 3 aromatic carbocycles. The van der Waals surface area contributed by atoms with Gasteiger partial charge in [0.05, 0.1) is 22.6 Å². The van der Waals surface area contributed by atoms with Crippen molar-refractivity contribution in [2.24, 2.45) is 5.73 Å². The summed E-state index contributed by atoms with van der Waals surface area (Å²) in [7, 11) is 0. The molecule has 4 rings (SSSR count). The number of hydrogen-bond acceptors (Lipinski definition) is 4. The number of thioether (sulfide) groups is 1. The zero-order chi connectivity index (χ0) is 22.3. The lowest BCUT2D eigenvalue weighted by Crippen LogP contribution is -2.18. The van der Waals surface area contributed by atoms with Gasteiger partial charge in [-0.25, -0.2) is 4.98 Å². The number of benzene rings is 3. The van der Waals surface area contributed by atoms with Gasteiger partial charge in [-0.15, -0.1) is 0 Å². The predicted molar refractivity (Wildman–Crippen MR) is 128 cm³/mol. The second-order valence-corrected chi connectivity index (χ2v) is 8.14. The summed E-state index contributed by atoms with van der Waals surface area (Å²) in [5, 5.41) is 3.51. The fraction of sp³-hybridized carbons (Fsp3) is 0.0800. The first-order chi connectivity index (χ1) is 15.6. The molecule has 160 valence electrons. The van der Waals surface area contributed by atoms with Crippen molar-refractivity contribution in [3.8, 4) is 22.5 Å². The number of para-hydroxylation sites is 1. The van der Waals surface area contributed by atoms with Gasteiger partial charge in [0.15, 0.2) is 5.16 Å². The zero-order valence-corrected chi connectivity index (χ0v) is 18.1. The van der Waals surface area contributed by atoms with Gasteiger partial charge in [-0.3, -0.25) is 9.59 Å². The van der Waals surface area contributed by atoms with Gasteiger partial charge < -0.3 is 16.0 Å². The third-order valence-corrected chi connectivity index (χ3v) is 5.70. The molecule has 4 aromatic rings. The minimum absolute atomic E-state index is 0.190. The van der Waals surface area contributed by atoms with Crippen LogP contribution in [-0.4, -0.2) is 27.5 Å². The number of carbonyl (C=O) groups is 2. The lowest BCUT2D eigenvalue weighted by Gasteiger charge is -2.08. The molecule has 1 heterocycles. The molecular formula is C25H22N4O2S. The van der Waals surface area contributed by atoms with Gasteiger partial charge >= 0.3 is 0 Å². The Labute approximate surface area is 190 Å². The molecule has 0 aliphatic heterocycles. The quantitative estimate of drug-likeness (QED) is 0.336. The van der Waals surface area contributed by atoms with Gasteiger partial charge in [-0.05, 0) is 12.1 Å². The molecular weight excluding hydrogens is 420 g/mol. The van der Waals surface area contributed by atoms with E-state index >= 15 is 0 Å². The highest BCUT2D eigenvalue weighted by molar-refractivity contribution is 7.99. The fourth-order valence-electron chi connectivity index (χ4n) is 3.30. The molecule has 7 heteroatoms. The number of rotatable bonds is 8. The number of anilines is 1. The number of H-pyrrole nitrogens is 1. The van der Waals surface area contributed by atoms with Crippen molar-refractivity contribution in [3.63, 3.8) is 0 Å². The summed E-state index contributed by atoms with van der Waals surface area (Å²) in [6, 6.07) is 26.7. The Morgan fingerprint density at radius 3 is 2.19 bits per heavy atom. The van der Waals surface area contributed by atoms with Crippen LogP contribution >= 0.6 is 11.8 Å². The second-order valence-electron chi connectivity index (χ2n) is 7.05. The van der Waals surface area contributed by atoms with Crippen molar-refractivity contribution >= 4 is 29.3 Å².